The van der Waals surface area contributed by atoms with Crippen molar-refractivity contribution in [3.8, 4) is 22.9 Å². The number of benzene rings is 2. The van der Waals surface area contributed by atoms with Crippen LogP contribution < -0.4 is 9.47 Å². The van der Waals surface area contributed by atoms with Crippen LogP contribution in [0.5, 0.6) is 11.5 Å². The van der Waals surface area contributed by atoms with Crippen LogP contribution in [0.25, 0.3) is 11.4 Å². The topological polar surface area (TPSA) is 58.4 Å². The summed E-state index contributed by atoms with van der Waals surface area (Å²) in [5.41, 5.74) is 3.34. The van der Waals surface area contributed by atoms with E-state index in [1.54, 1.807) is 18.9 Å². The Kier molecular flexibility index (Phi) is 7.14. The van der Waals surface area contributed by atoms with Crippen molar-refractivity contribution in [1.82, 2.24) is 14.8 Å². The van der Waals surface area contributed by atoms with Gasteiger partial charge in [0.2, 0.25) is 0 Å². The number of methoxy groups -OCH3 is 1. The molecule has 0 spiro atoms. The monoisotopic (exact) mass is 439 g/mol. The van der Waals surface area contributed by atoms with E-state index in [2.05, 4.69) is 46.8 Å². The van der Waals surface area contributed by atoms with E-state index in [0.29, 0.717) is 6.61 Å². The molecular formula is C24H29N3O3S. The van der Waals surface area contributed by atoms with Crippen LogP contribution in [0.3, 0.4) is 0 Å². The van der Waals surface area contributed by atoms with Crippen LogP contribution in [0.1, 0.15) is 24.0 Å². The van der Waals surface area contributed by atoms with Crippen LogP contribution in [-0.4, -0.2) is 46.9 Å². The van der Waals surface area contributed by atoms with Gasteiger partial charge in [-0.2, -0.15) is 0 Å². The lowest BCUT2D eigenvalue weighted by molar-refractivity contribution is 0.0953. The number of ether oxygens (including phenoxy) is 3. The number of aromatic nitrogens is 3. The molecule has 1 atom stereocenters. The molecule has 3 aromatic rings. The van der Waals surface area contributed by atoms with Gasteiger partial charge < -0.3 is 14.2 Å². The Hall–Kier alpha value is -2.51. The maximum Gasteiger partial charge on any atom is 0.191 e. The van der Waals surface area contributed by atoms with Crippen LogP contribution in [0, 0.1) is 13.8 Å². The van der Waals surface area contributed by atoms with E-state index in [9.17, 15) is 0 Å². The molecule has 1 saturated heterocycles. The summed E-state index contributed by atoms with van der Waals surface area (Å²) in [6.45, 7) is 6.36. The first-order chi connectivity index (χ1) is 15.2. The van der Waals surface area contributed by atoms with Crippen molar-refractivity contribution in [2.75, 3.05) is 26.1 Å². The van der Waals surface area contributed by atoms with Crippen molar-refractivity contribution in [1.29, 1.82) is 0 Å². The summed E-state index contributed by atoms with van der Waals surface area (Å²) in [6.07, 6.45) is 2.38. The average Bonchev–Trinajstić information content (AvgIpc) is 3.44. The van der Waals surface area contributed by atoms with Crippen molar-refractivity contribution in [2.24, 2.45) is 0 Å². The maximum absolute atomic E-state index is 6.06. The van der Waals surface area contributed by atoms with Gasteiger partial charge in [0.1, 0.15) is 11.5 Å². The SMILES string of the molecule is COc1ccc(-c2nnc(SCCOc3c(C)cccc3C)n2CC2CCCO2)cc1. The van der Waals surface area contributed by atoms with Crippen LogP contribution in [-0.2, 0) is 11.3 Å². The van der Waals surface area contributed by atoms with Crippen molar-refractivity contribution in [3.63, 3.8) is 0 Å². The standard InChI is InChI=1S/C24H29N3O3S/c1-17-6-4-7-18(2)22(17)30-14-15-31-24-26-25-23(19-9-11-20(28-3)12-10-19)27(24)16-21-8-5-13-29-21/h4,6-7,9-12,21H,5,8,13-16H2,1-3H3. The third-order valence-electron chi connectivity index (χ3n) is 5.44. The predicted molar refractivity (Wildman–Crippen MR) is 123 cm³/mol. The highest BCUT2D eigenvalue weighted by molar-refractivity contribution is 7.99. The highest BCUT2D eigenvalue weighted by Crippen LogP contribution is 2.28. The third kappa shape index (κ3) is 5.22. The van der Waals surface area contributed by atoms with E-state index in [1.165, 1.54) is 0 Å². The average molecular weight is 440 g/mol. The lowest BCUT2D eigenvalue weighted by atomic mass is 10.1. The molecule has 0 amide bonds. The molecule has 0 saturated carbocycles. The molecule has 1 aliphatic rings. The smallest absolute Gasteiger partial charge is 0.191 e. The second kappa shape index (κ2) is 10.2. The second-order valence-electron chi connectivity index (χ2n) is 7.70. The molecule has 1 aliphatic heterocycles. The summed E-state index contributed by atoms with van der Waals surface area (Å²) in [7, 11) is 1.67. The van der Waals surface area contributed by atoms with Gasteiger partial charge in [0.15, 0.2) is 11.0 Å². The van der Waals surface area contributed by atoms with Gasteiger partial charge in [0.25, 0.3) is 0 Å². The molecule has 1 aromatic heterocycles. The summed E-state index contributed by atoms with van der Waals surface area (Å²) in [5.74, 6) is 3.45. The largest absolute Gasteiger partial charge is 0.497 e. The normalized spacial score (nSPS) is 15.9. The van der Waals surface area contributed by atoms with Gasteiger partial charge in [-0.25, -0.2) is 0 Å². The molecule has 4 rings (SSSR count). The highest BCUT2D eigenvalue weighted by atomic mass is 32.2. The fourth-order valence-electron chi connectivity index (χ4n) is 3.81. The van der Waals surface area contributed by atoms with Crippen LogP contribution >= 0.6 is 11.8 Å². The maximum atomic E-state index is 6.06. The number of para-hydroxylation sites is 1. The zero-order chi connectivity index (χ0) is 21.6. The Labute approximate surface area is 187 Å². The molecule has 0 aliphatic carbocycles. The molecule has 2 heterocycles. The van der Waals surface area contributed by atoms with Gasteiger partial charge in [-0.05, 0) is 62.1 Å². The number of hydrogen-bond donors (Lipinski definition) is 0. The van der Waals surface area contributed by atoms with E-state index in [-0.39, 0.29) is 6.10 Å². The molecule has 2 aromatic carbocycles. The first-order valence-electron chi connectivity index (χ1n) is 10.7. The van der Waals surface area contributed by atoms with E-state index in [4.69, 9.17) is 14.2 Å². The first kappa shape index (κ1) is 21.7. The molecule has 164 valence electrons. The van der Waals surface area contributed by atoms with Gasteiger partial charge in [-0.3, -0.25) is 4.57 Å². The Bertz CT molecular complexity index is 978. The molecule has 0 bridgehead atoms. The number of rotatable bonds is 9. The summed E-state index contributed by atoms with van der Waals surface area (Å²) in [6, 6.07) is 14.2. The quantitative estimate of drug-likeness (QED) is 0.348. The fraction of sp³-hybridized carbons (Fsp3) is 0.417. The zero-order valence-corrected chi connectivity index (χ0v) is 19.2. The fourth-order valence-corrected chi connectivity index (χ4v) is 4.57. The predicted octanol–water partition coefficient (Wildman–Crippen LogP) is 4.92. The van der Waals surface area contributed by atoms with Crippen LogP contribution in [0.15, 0.2) is 47.6 Å². The van der Waals surface area contributed by atoms with Gasteiger partial charge in [0.05, 0.1) is 26.4 Å². The Morgan fingerprint density at radius 3 is 2.55 bits per heavy atom. The van der Waals surface area contributed by atoms with Crippen LogP contribution in [0.4, 0.5) is 0 Å². The molecule has 6 nitrogen and oxygen atoms in total. The number of hydrogen-bond acceptors (Lipinski definition) is 6. The minimum absolute atomic E-state index is 0.207. The van der Waals surface area contributed by atoms with Crippen molar-refractivity contribution < 1.29 is 14.2 Å². The Morgan fingerprint density at radius 1 is 1.10 bits per heavy atom. The van der Waals surface area contributed by atoms with Crippen molar-refractivity contribution >= 4 is 11.8 Å². The molecule has 0 N–H and O–H groups in total. The minimum atomic E-state index is 0.207. The van der Waals surface area contributed by atoms with Gasteiger partial charge in [0, 0.05) is 17.9 Å². The first-order valence-corrected chi connectivity index (χ1v) is 11.7. The van der Waals surface area contributed by atoms with E-state index in [0.717, 1.165) is 70.9 Å². The summed E-state index contributed by atoms with van der Waals surface area (Å²) < 4.78 is 19.4. The molecule has 1 fully saturated rings. The molecule has 7 heteroatoms. The van der Waals surface area contributed by atoms with E-state index in [1.807, 2.05) is 24.3 Å². The summed E-state index contributed by atoms with van der Waals surface area (Å²) in [5, 5.41) is 9.89. The molecule has 0 radical (unpaired) electrons. The Balaban J connectivity index is 1.47. The summed E-state index contributed by atoms with van der Waals surface area (Å²) >= 11 is 1.67. The zero-order valence-electron chi connectivity index (χ0n) is 18.3. The second-order valence-corrected chi connectivity index (χ2v) is 8.76. The minimum Gasteiger partial charge on any atom is -0.497 e. The van der Waals surface area contributed by atoms with Crippen molar-refractivity contribution in [3.05, 3.63) is 53.6 Å². The van der Waals surface area contributed by atoms with Gasteiger partial charge in [-0.1, -0.05) is 30.0 Å². The number of aryl methyl sites for hydroxylation is 2. The molecule has 31 heavy (non-hydrogen) atoms. The van der Waals surface area contributed by atoms with Crippen molar-refractivity contribution in [2.45, 2.75) is 44.5 Å². The van der Waals surface area contributed by atoms with Gasteiger partial charge in [-0.15, -0.1) is 10.2 Å². The summed E-state index contributed by atoms with van der Waals surface area (Å²) in [4.78, 5) is 0. The van der Waals surface area contributed by atoms with E-state index >= 15 is 0 Å². The molecular weight excluding hydrogens is 410 g/mol. The van der Waals surface area contributed by atoms with Crippen LogP contribution in [0.2, 0.25) is 0 Å². The lowest BCUT2D eigenvalue weighted by Gasteiger charge is -2.15. The molecule has 1 unspecified atom stereocenters. The number of nitrogens with zero attached hydrogens (tertiary/aromatic N) is 3. The third-order valence-corrected chi connectivity index (χ3v) is 6.38. The highest BCUT2D eigenvalue weighted by Gasteiger charge is 2.22. The van der Waals surface area contributed by atoms with Gasteiger partial charge >= 0.3 is 0 Å². The Morgan fingerprint density at radius 2 is 1.87 bits per heavy atom. The van der Waals surface area contributed by atoms with E-state index < -0.39 is 0 Å². The number of thioether (sulfide) groups is 1. The lowest BCUT2D eigenvalue weighted by Crippen LogP contribution is -2.17.